The molecule has 3 aliphatic rings. The predicted octanol–water partition coefficient (Wildman–Crippen LogP) is 1.87. The number of likely N-dealkylation sites (tertiary alicyclic amines) is 1. The van der Waals surface area contributed by atoms with Gasteiger partial charge in [0, 0.05) is 11.0 Å². The Labute approximate surface area is 148 Å². The van der Waals surface area contributed by atoms with Crippen LogP contribution < -0.4 is 5.32 Å². The highest BCUT2D eigenvalue weighted by Crippen LogP contribution is 2.52. The van der Waals surface area contributed by atoms with Gasteiger partial charge in [-0.15, -0.1) is 0 Å². The highest BCUT2D eigenvalue weighted by atomic mass is 79.9. The molecule has 4 atom stereocenters. The van der Waals surface area contributed by atoms with E-state index in [2.05, 4.69) is 21.2 Å². The number of fused-ring (bicyclic) bond motifs is 5. The first-order chi connectivity index (χ1) is 11.5. The normalized spacial score (nSPS) is 30.1. The molecular formula is C18H17BrN2O3. The summed E-state index contributed by atoms with van der Waals surface area (Å²) in [6.45, 7) is 0.197. The minimum absolute atomic E-state index is 0.173. The number of imide groups is 1. The van der Waals surface area contributed by atoms with Crippen LogP contribution in [0.3, 0.4) is 0 Å². The Bertz CT molecular complexity index is 713. The topological polar surface area (TPSA) is 66.5 Å². The third-order valence-corrected chi connectivity index (χ3v) is 5.79. The van der Waals surface area contributed by atoms with Gasteiger partial charge in [-0.05, 0) is 36.0 Å². The van der Waals surface area contributed by atoms with Crippen molar-refractivity contribution >= 4 is 33.7 Å². The van der Waals surface area contributed by atoms with Gasteiger partial charge in [-0.2, -0.15) is 0 Å². The number of hydrogen-bond donors (Lipinski definition) is 1. The molecule has 1 N–H and O–H groups in total. The van der Waals surface area contributed by atoms with Crippen molar-refractivity contribution < 1.29 is 14.4 Å². The molecule has 1 aromatic rings. The molecule has 5 nitrogen and oxygen atoms in total. The van der Waals surface area contributed by atoms with Crippen molar-refractivity contribution in [3.63, 3.8) is 0 Å². The van der Waals surface area contributed by atoms with Crippen LogP contribution in [-0.2, 0) is 20.9 Å². The summed E-state index contributed by atoms with van der Waals surface area (Å²) in [4.78, 5) is 38.3. The number of benzene rings is 1. The minimum Gasteiger partial charge on any atom is -0.350 e. The number of carbonyl (C=O) groups is 3. The molecular weight excluding hydrogens is 372 g/mol. The molecule has 124 valence electrons. The van der Waals surface area contributed by atoms with Crippen molar-refractivity contribution in [3.8, 4) is 0 Å². The van der Waals surface area contributed by atoms with Crippen LogP contribution in [0, 0.1) is 23.7 Å². The number of rotatable bonds is 4. The van der Waals surface area contributed by atoms with E-state index in [4.69, 9.17) is 0 Å². The van der Waals surface area contributed by atoms with Crippen LogP contribution in [-0.4, -0.2) is 29.2 Å². The molecule has 3 amide bonds. The maximum Gasteiger partial charge on any atom is 0.240 e. The zero-order valence-corrected chi connectivity index (χ0v) is 14.5. The lowest BCUT2D eigenvalue weighted by Crippen LogP contribution is -2.41. The average Bonchev–Trinajstić information content (AvgIpc) is 3.24. The number of allylic oxidation sites excluding steroid dienone is 2. The molecule has 24 heavy (non-hydrogen) atoms. The fraction of sp³-hybridized carbons (Fsp3) is 0.389. The molecule has 6 heteroatoms. The summed E-state index contributed by atoms with van der Waals surface area (Å²) in [5.41, 5.74) is 0.963. The van der Waals surface area contributed by atoms with Crippen molar-refractivity contribution in [2.45, 2.75) is 13.0 Å². The molecule has 1 aromatic carbocycles. The van der Waals surface area contributed by atoms with Crippen molar-refractivity contribution in [1.29, 1.82) is 0 Å². The van der Waals surface area contributed by atoms with Gasteiger partial charge in [0.15, 0.2) is 0 Å². The summed E-state index contributed by atoms with van der Waals surface area (Å²) in [5, 5.41) is 2.77. The van der Waals surface area contributed by atoms with Gasteiger partial charge in [-0.3, -0.25) is 19.3 Å². The van der Waals surface area contributed by atoms with E-state index < -0.39 is 0 Å². The van der Waals surface area contributed by atoms with Gasteiger partial charge in [0.05, 0.1) is 11.8 Å². The number of amides is 3. The molecule has 0 radical (unpaired) electrons. The van der Waals surface area contributed by atoms with Crippen LogP contribution in [0.4, 0.5) is 0 Å². The zero-order chi connectivity index (χ0) is 16.8. The van der Waals surface area contributed by atoms with Gasteiger partial charge in [0.2, 0.25) is 17.7 Å². The Morgan fingerprint density at radius 2 is 1.67 bits per heavy atom. The first kappa shape index (κ1) is 15.6. The van der Waals surface area contributed by atoms with Gasteiger partial charge in [-0.25, -0.2) is 0 Å². The molecule has 2 bridgehead atoms. The number of hydrogen-bond acceptors (Lipinski definition) is 3. The fourth-order valence-corrected chi connectivity index (χ4v) is 4.39. The van der Waals surface area contributed by atoms with E-state index in [0.29, 0.717) is 6.54 Å². The first-order valence-corrected chi connectivity index (χ1v) is 8.88. The quantitative estimate of drug-likeness (QED) is 0.632. The molecule has 1 saturated heterocycles. The maximum atomic E-state index is 12.5. The Morgan fingerprint density at radius 3 is 2.25 bits per heavy atom. The first-order valence-electron chi connectivity index (χ1n) is 8.09. The molecule has 1 saturated carbocycles. The summed E-state index contributed by atoms with van der Waals surface area (Å²) in [6, 6.07) is 7.62. The van der Waals surface area contributed by atoms with Crippen LogP contribution >= 0.6 is 15.9 Å². The van der Waals surface area contributed by atoms with Gasteiger partial charge in [-0.1, -0.05) is 40.2 Å². The second-order valence-corrected chi connectivity index (χ2v) is 7.58. The highest BCUT2D eigenvalue weighted by Gasteiger charge is 2.59. The van der Waals surface area contributed by atoms with Gasteiger partial charge in [0.25, 0.3) is 0 Å². The summed E-state index contributed by atoms with van der Waals surface area (Å²) in [7, 11) is 0. The molecule has 2 fully saturated rings. The second kappa shape index (κ2) is 5.84. The molecule has 0 spiro atoms. The smallest absolute Gasteiger partial charge is 0.240 e. The monoisotopic (exact) mass is 388 g/mol. The van der Waals surface area contributed by atoms with Gasteiger partial charge >= 0.3 is 0 Å². The largest absolute Gasteiger partial charge is 0.350 e. The van der Waals surface area contributed by atoms with Crippen LogP contribution in [0.15, 0.2) is 40.9 Å². The third-order valence-electron chi connectivity index (χ3n) is 5.27. The van der Waals surface area contributed by atoms with E-state index in [9.17, 15) is 14.4 Å². The Balaban J connectivity index is 1.37. The lowest BCUT2D eigenvalue weighted by molar-refractivity contribution is -0.144. The SMILES string of the molecule is O=C(CN1C(=O)[C@H]2[C@H](C1=O)[C@H]1C=C[C@H]2C1)NCc1ccc(Br)cc1. The molecule has 0 aromatic heterocycles. The van der Waals surface area contributed by atoms with Crippen LogP contribution in [0.2, 0.25) is 0 Å². The van der Waals surface area contributed by atoms with E-state index in [1.165, 1.54) is 0 Å². The maximum absolute atomic E-state index is 12.5. The Kier molecular flexibility index (Phi) is 3.79. The van der Waals surface area contributed by atoms with E-state index >= 15 is 0 Å². The third kappa shape index (κ3) is 2.49. The number of carbonyl (C=O) groups excluding carboxylic acids is 3. The summed E-state index contributed by atoms with van der Waals surface area (Å²) in [5.74, 6) is -0.806. The van der Waals surface area contributed by atoms with E-state index in [0.717, 1.165) is 21.4 Å². The fourth-order valence-electron chi connectivity index (χ4n) is 4.12. The predicted molar refractivity (Wildman–Crippen MR) is 90.4 cm³/mol. The van der Waals surface area contributed by atoms with E-state index in [-0.39, 0.29) is 47.9 Å². The zero-order valence-electron chi connectivity index (χ0n) is 12.9. The van der Waals surface area contributed by atoms with Gasteiger partial charge < -0.3 is 5.32 Å². The minimum atomic E-state index is -0.306. The Hall–Kier alpha value is -1.95. The van der Waals surface area contributed by atoms with E-state index in [1.807, 2.05) is 36.4 Å². The van der Waals surface area contributed by atoms with Crippen molar-refractivity contribution in [3.05, 3.63) is 46.5 Å². The van der Waals surface area contributed by atoms with Crippen molar-refractivity contribution in [2.24, 2.45) is 23.7 Å². The molecule has 0 unspecified atom stereocenters. The van der Waals surface area contributed by atoms with Gasteiger partial charge in [0.1, 0.15) is 6.54 Å². The average molecular weight is 389 g/mol. The summed E-state index contributed by atoms with van der Waals surface area (Å²) >= 11 is 3.36. The van der Waals surface area contributed by atoms with Crippen LogP contribution in [0.25, 0.3) is 0 Å². The van der Waals surface area contributed by atoms with Crippen molar-refractivity contribution in [2.75, 3.05) is 6.54 Å². The lowest BCUT2D eigenvalue weighted by Gasteiger charge is -2.16. The summed E-state index contributed by atoms with van der Waals surface area (Å²) < 4.78 is 0.973. The second-order valence-electron chi connectivity index (χ2n) is 6.67. The molecule has 2 aliphatic carbocycles. The standard InChI is InChI=1S/C18H17BrN2O3/c19-13-5-1-10(2-6-13)8-20-14(22)9-21-17(23)15-11-3-4-12(7-11)16(15)18(21)24/h1-6,11-12,15-16H,7-9H2,(H,20,22)/t11-,12-,15+,16+/m0/s1. The molecule has 4 rings (SSSR count). The number of nitrogens with zero attached hydrogens (tertiary/aromatic N) is 1. The van der Waals surface area contributed by atoms with Crippen LogP contribution in [0.1, 0.15) is 12.0 Å². The number of halogens is 1. The number of nitrogens with one attached hydrogen (secondary N) is 1. The highest BCUT2D eigenvalue weighted by molar-refractivity contribution is 9.10. The Morgan fingerprint density at radius 1 is 1.08 bits per heavy atom. The lowest BCUT2D eigenvalue weighted by atomic mass is 9.85. The van der Waals surface area contributed by atoms with Crippen LogP contribution in [0.5, 0.6) is 0 Å². The molecule has 1 heterocycles. The molecule has 1 aliphatic heterocycles. The van der Waals surface area contributed by atoms with E-state index in [1.54, 1.807) is 0 Å². The van der Waals surface area contributed by atoms with Crippen molar-refractivity contribution in [1.82, 2.24) is 10.2 Å². The summed E-state index contributed by atoms with van der Waals surface area (Å²) in [6.07, 6.45) is 5.00.